The van der Waals surface area contributed by atoms with E-state index >= 15 is 0 Å². The molecule has 1 aliphatic rings. The van der Waals surface area contributed by atoms with Crippen molar-refractivity contribution in [1.82, 2.24) is 14.2 Å². The van der Waals surface area contributed by atoms with E-state index in [9.17, 15) is 18.0 Å². The predicted molar refractivity (Wildman–Crippen MR) is 124 cm³/mol. The van der Waals surface area contributed by atoms with Crippen LogP contribution in [0.25, 0.3) is 0 Å². The first-order valence-corrected chi connectivity index (χ1v) is 12.2. The second-order valence-electron chi connectivity index (χ2n) is 8.19. The van der Waals surface area contributed by atoms with Crippen LogP contribution in [0, 0.1) is 0 Å². The van der Waals surface area contributed by atoms with Crippen LogP contribution in [-0.4, -0.2) is 47.0 Å². The van der Waals surface area contributed by atoms with Gasteiger partial charge in [0.15, 0.2) is 0 Å². The Morgan fingerprint density at radius 2 is 1.58 bits per heavy atom. The number of imide groups is 1. The Hall–Kier alpha value is -3.36. The van der Waals surface area contributed by atoms with E-state index in [0.29, 0.717) is 12.0 Å². The molecule has 0 radical (unpaired) electrons. The van der Waals surface area contributed by atoms with E-state index in [1.54, 1.807) is 36.4 Å². The van der Waals surface area contributed by atoms with E-state index in [1.165, 1.54) is 15.4 Å². The van der Waals surface area contributed by atoms with Crippen molar-refractivity contribution < 1.29 is 18.0 Å². The third kappa shape index (κ3) is 4.58. The largest absolute Gasteiger partial charge is 0.280 e. The molecule has 2 aromatic carbocycles. The summed E-state index contributed by atoms with van der Waals surface area (Å²) in [6.07, 6.45) is 1.91. The van der Waals surface area contributed by atoms with Gasteiger partial charge in [-0.15, -0.1) is 0 Å². The zero-order chi connectivity index (χ0) is 23.6. The smallest absolute Gasteiger partial charge is 0.273 e. The predicted octanol–water partition coefficient (Wildman–Crippen LogP) is 3.52. The minimum Gasteiger partial charge on any atom is -0.273 e. The third-order valence-electron chi connectivity index (χ3n) is 5.64. The molecule has 0 atom stereocenters. The lowest BCUT2D eigenvalue weighted by molar-refractivity contribution is 0.0654. The number of rotatable bonds is 8. The fourth-order valence-electron chi connectivity index (χ4n) is 3.83. The van der Waals surface area contributed by atoms with Crippen LogP contribution in [0.2, 0.25) is 0 Å². The van der Waals surface area contributed by atoms with Crippen molar-refractivity contribution in [3.05, 3.63) is 95.3 Å². The van der Waals surface area contributed by atoms with Crippen molar-refractivity contribution in [3.8, 4) is 0 Å². The number of hydrogen-bond donors (Lipinski definition) is 0. The minimum absolute atomic E-state index is 0.177. The number of pyridine rings is 1. The molecule has 7 nitrogen and oxygen atoms in total. The summed E-state index contributed by atoms with van der Waals surface area (Å²) in [4.78, 5) is 30.3. The Morgan fingerprint density at radius 3 is 2.21 bits per heavy atom. The molecule has 0 N–H and O–H groups in total. The number of carbonyl (C=O) groups excluding carboxylic acids is 2. The number of carbonyl (C=O) groups is 2. The number of fused-ring (bicyclic) bond motifs is 1. The Labute approximate surface area is 193 Å². The number of amides is 2. The number of sulfonamides is 1. The molecule has 2 amide bonds. The maximum Gasteiger partial charge on any atom is 0.280 e. The monoisotopic (exact) mass is 463 g/mol. The van der Waals surface area contributed by atoms with Crippen molar-refractivity contribution in [3.63, 3.8) is 0 Å². The highest BCUT2D eigenvalue weighted by atomic mass is 32.2. The normalized spacial score (nSPS) is 13.8. The van der Waals surface area contributed by atoms with Gasteiger partial charge in [-0.2, -0.15) is 4.31 Å². The molecule has 0 spiro atoms. The van der Waals surface area contributed by atoms with Crippen LogP contribution in [0.3, 0.4) is 0 Å². The Morgan fingerprint density at radius 1 is 0.879 bits per heavy atom. The summed E-state index contributed by atoms with van der Waals surface area (Å²) in [7, 11) is -3.69. The molecule has 0 aliphatic carbocycles. The molecule has 8 heteroatoms. The molecular formula is C25H25N3O4S. The lowest BCUT2D eigenvalue weighted by atomic mass is 10.1. The molecule has 33 heavy (non-hydrogen) atoms. The van der Waals surface area contributed by atoms with E-state index in [2.05, 4.69) is 4.98 Å². The molecule has 0 saturated heterocycles. The van der Waals surface area contributed by atoms with Crippen LogP contribution in [0.4, 0.5) is 0 Å². The number of nitrogens with zero attached hydrogens (tertiary/aromatic N) is 3. The van der Waals surface area contributed by atoms with Gasteiger partial charge in [0.2, 0.25) is 10.0 Å². The standard InChI is InChI=1S/C25H25N3O4S/c1-18(2)28(17-20-7-4-3-5-8-20)33(31,32)21-12-10-19(11-13-21)14-16-27-24(29)22-9-6-15-26-23(22)25(27)30/h3-13,15,18H,14,16-17H2,1-2H3. The zero-order valence-electron chi connectivity index (χ0n) is 18.5. The number of hydrogen-bond acceptors (Lipinski definition) is 5. The highest BCUT2D eigenvalue weighted by molar-refractivity contribution is 7.89. The van der Waals surface area contributed by atoms with Gasteiger partial charge in [-0.05, 0) is 55.7 Å². The summed E-state index contributed by atoms with van der Waals surface area (Å²) < 4.78 is 28.1. The van der Waals surface area contributed by atoms with Gasteiger partial charge in [-0.25, -0.2) is 8.42 Å². The summed E-state index contributed by atoms with van der Waals surface area (Å²) in [6.45, 7) is 4.19. The summed E-state index contributed by atoms with van der Waals surface area (Å²) in [5.74, 6) is -0.751. The summed E-state index contributed by atoms with van der Waals surface area (Å²) in [5.41, 5.74) is 2.24. The van der Waals surface area contributed by atoms with Crippen LogP contribution >= 0.6 is 0 Å². The van der Waals surface area contributed by atoms with Gasteiger partial charge >= 0.3 is 0 Å². The average molecular weight is 464 g/mol. The van der Waals surface area contributed by atoms with Gasteiger partial charge in [0.05, 0.1) is 10.5 Å². The van der Waals surface area contributed by atoms with Crippen LogP contribution in [-0.2, 0) is 23.0 Å². The lowest BCUT2D eigenvalue weighted by Crippen LogP contribution is -2.36. The number of benzene rings is 2. The Kier molecular flexibility index (Phi) is 6.40. The minimum atomic E-state index is -3.69. The highest BCUT2D eigenvalue weighted by Gasteiger charge is 2.36. The fourth-order valence-corrected chi connectivity index (χ4v) is 5.45. The lowest BCUT2D eigenvalue weighted by Gasteiger charge is -2.26. The Bertz CT molecular complexity index is 1240. The maximum atomic E-state index is 13.3. The molecule has 1 aromatic heterocycles. The van der Waals surface area contributed by atoms with Gasteiger partial charge in [0.1, 0.15) is 5.69 Å². The zero-order valence-corrected chi connectivity index (χ0v) is 19.3. The summed E-state index contributed by atoms with van der Waals surface area (Å²) >= 11 is 0. The molecule has 0 bridgehead atoms. The van der Waals surface area contributed by atoms with Crippen molar-refractivity contribution in [2.45, 2.75) is 37.8 Å². The van der Waals surface area contributed by atoms with Crippen LogP contribution in [0.5, 0.6) is 0 Å². The quantitative estimate of drug-likeness (QED) is 0.477. The van der Waals surface area contributed by atoms with Gasteiger partial charge in [-0.3, -0.25) is 19.5 Å². The van der Waals surface area contributed by atoms with Gasteiger partial charge in [0.25, 0.3) is 11.8 Å². The number of aromatic nitrogens is 1. The molecule has 4 rings (SSSR count). The van der Waals surface area contributed by atoms with Gasteiger partial charge in [-0.1, -0.05) is 42.5 Å². The van der Waals surface area contributed by atoms with Crippen LogP contribution in [0.15, 0.2) is 77.8 Å². The Balaban J connectivity index is 1.46. The van der Waals surface area contributed by atoms with E-state index in [1.807, 2.05) is 44.2 Å². The fraction of sp³-hybridized carbons (Fsp3) is 0.240. The maximum absolute atomic E-state index is 13.3. The van der Waals surface area contributed by atoms with Crippen molar-refractivity contribution >= 4 is 21.8 Å². The first-order valence-electron chi connectivity index (χ1n) is 10.7. The van der Waals surface area contributed by atoms with Gasteiger partial charge < -0.3 is 0 Å². The van der Waals surface area contributed by atoms with E-state index < -0.39 is 15.9 Å². The first kappa shape index (κ1) is 22.8. The van der Waals surface area contributed by atoms with E-state index in [4.69, 9.17) is 0 Å². The van der Waals surface area contributed by atoms with Crippen LogP contribution < -0.4 is 0 Å². The second kappa shape index (κ2) is 9.25. The molecule has 1 aliphatic heterocycles. The average Bonchev–Trinajstić information content (AvgIpc) is 3.06. The molecule has 0 fully saturated rings. The molecule has 170 valence electrons. The van der Waals surface area contributed by atoms with Crippen molar-refractivity contribution in [2.24, 2.45) is 0 Å². The first-order chi connectivity index (χ1) is 15.8. The molecule has 2 heterocycles. The highest BCUT2D eigenvalue weighted by Crippen LogP contribution is 2.23. The SMILES string of the molecule is CC(C)N(Cc1ccccc1)S(=O)(=O)c1ccc(CCN2C(=O)c3cccnc3C2=O)cc1. The van der Waals surface area contributed by atoms with Gasteiger partial charge in [0, 0.05) is 25.3 Å². The van der Waals surface area contributed by atoms with Crippen molar-refractivity contribution in [1.29, 1.82) is 0 Å². The molecule has 0 saturated carbocycles. The molecular weight excluding hydrogens is 438 g/mol. The molecule has 3 aromatic rings. The summed E-state index contributed by atoms with van der Waals surface area (Å²) in [6, 6.07) is 19.1. The second-order valence-corrected chi connectivity index (χ2v) is 10.1. The molecule has 0 unspecified atom stereocenters. The third-order valence-corrected chi connectivity index (χ3v) is 7.68. The summed E-state index contributed by atoms with van der Waals surface area (Å²) in [5, 5.41) is 0. The van der Waals surface area contributed by atoms with E-state index in [0.717, 1.165) is 11.1 Å². The van der Waals surface area contributed by atoms with E-state index in [-0.39, 0.29) is 35.6 Å². The topological polar surface area (TPSA) is 87.7 Å². The van der Waals surface area contributed by atoms with Crippen LogP contribution in [0.1, 0.15) is 45.8 Å². The van der Waals surface area contributed by atoms with Crippen molar-refractivity contribution in [2.75, 3.05) is 6.54 Å².